The van der Waals surface area contributed by atoms with Crippen LogP contribution in [0.5, 0.6) is 0 Å². The number of benzene rings is 10. The molecule has 0 unspecified atom stereocenters. The summed E-state index contributed by atoms with van der Waals surface area (Å²) in [7, 11) is 0. The van der Waals surface area contributed by atoms with Gasteiger partial charge in [-0.3, -0.25) is 0 Å². The SMILES string of the molecule is c1ccc(-c2cccc(N(c3ccc(-c4ccc(-n5c6ccccc6c6ccccc65)cc4)cc3)c3ccc(-c4cccc5ccccc45)c4ccccc34)c2)cc1. The number of anilines is 3. The van der Waals surface area contributed by atoms with Gasteiger partial charge in [0, 0.05) is 33.2 Å². The highest BCUT2D eigenvalue weighted by Crippen LogP contribution is 2.44. The van der Waals surface area contributed by atoms with Crippen molar-refractivity contribution in [2.45, 2.75) is 0 Å². The molecule has 0 bridgehead atoms. The first-order valence-corrected chi connectivity index (χ1v) is 19.9. The summed E-state index contributed by atoms with van der Waals surface area (Å²) in [5, 5.41) is 7.46. The van der Waals surface area contributed by atoms with Crippen LogP contribution in [0.1, 0.15) is 0 Å². The summed E-state index contributed by atoms with van der Waals surface area (Å²) in [6.07, 6.45) is 0. The molecule has 10 aromatic carbocycles. The van der Waals surface area contributed by atoms with E-state index >= 15 is 0 Å². The zero-order valence-corrected chi connectivity index (χ0v) is 31.8. The van der Waals surface area contributed by atoms with Gasteiger partial charge in [-0.05, 0) is 104 Å². The Bertz CT molecular complexity index is 3210. The molecule has 0 radical (unpaired) electrons. The third kappa shape index (κ3) is 5.74. The molecule has 1 aromatic heterocycles. The lowest BCUT2D eigenvalue weighted by atomic mass is 9.93. The first kappa shape index (κ1) is 33.6. The van der Waals surface area contributed by atoms with E-state index in [-0.39, 0.29) is 0 Å². The smallest absolute Gasteiger partial charge is 0.0541 e. The van der Waals surface area contributed by atoms with Crippen LogP contribution >= 0.6 is 0 Å². The van der Waals surface area contributed by atoms with E-state index < -0.39 is 0 Å². The van der Waals surface area contributed by atoms with Crippen LogP contribution in [0.2, 0.25) is 0 Å². The molecule has 0 atom stereocenters. The van der Waals surface area contributed by atoms with Crippen molar-refractivity contribution in [1.29, 1.82) is 0 Å². The van der Waals surface area contributed by atoms with E-state index in [0.29, 0.717) is 0 Å². The van der Waals surface area contributed by atoms with Gasteiger partial charge < -0.3 is 9.47 Å². The fourth-order valence-corrected chi connectivity index (χ4v) is 8.86. The number of hydrogen-bond donors (Lipinski definition) is 0. The summed E-state index contributed by atoms with van der Waals surface area (Å²) in [4.78, 5) is 2.41. The van der Waals surface area contributed by atoms with Crippen molar-refractivity contribution in [3.63, 3.8) is 0 Å². The monoisotopic (exact) mass is 738 g/mol. The number of aromatic nitrogens is 1. The van der Waals surface area contributed by atoms with Crippen LogP contribution in [0.25, 0.3) is 82.4 Å². The van der Waals surface area contributed by atoms with Crippen LogP contribution in [0.3, 0.4) is 0 Å². The topological polar surface area (TPSA) is 8.17 Å². The lowest BCUT2D eigenvalue weighted by Crippen LogP contribution is -2.10. The summed E-state index contributed by atoms with van der Waals surface area (Å²) in [6, 6.07) is 83.6. The van der Waals surface area contributed by atoms with Crippen molar-refractivity contribution in [2.24, 2.45) is 0 Å². The van der Waals surface area contributed by atoms with E-state index in [0.717, 1.165) is 22.7 Å². The van der Waals surface area contributed by atoms with Crippen molar-refractivity contribution in [1.82, 2.24) is 4.57 Å². The Kier molecular flexibility index (Phi) is 8.19. The van der Waals surface area contributed by atoms with Crippen LogP contribution in [0.15, 0.2) is 231 Å². The lowest BCUT2D eigenvalue weighted by molar-refractivity contribution is 1.18. The van der Waals surface area contributed by atoms with Crippen molar-refractivity contribution in [3.8, 4) is 39.1 Å². The zero-order chi connectivity index (χ0) is 38.4. The molecule has 11 aromatic rings. The Morgan fingerprint density at radius 2 is 0.810 bits per heavy atom. The molecular formula is C56H38N2. The minimum Gasteiger partial charge on any atom is -0.310 e. The van der Waals surface area contributed by atoms with Crippen molar-refractivity contribution >= 4 is 60.4 Å². The van der Waals surface area contributed by atoms with E-state index in [1.807, 2.05) is 0 Å². The molecule has 0 N–H and O–H groups in total. The van der Waals surface area contributed by atoms with Gasteiger partial charge in [0.05, 0.1) is 16.7 Å². The first-order valence-electron chi connectivity index (χ1n) is 19.9. The average Bonchev–Trinajstić information content (AvgIpc) is 3.64. The van der Waals surface area contributed by atoms with Gasteiger partial charge in [-0.1, -0.05) is 176 Å². The Balaban J connectivity index is 1.02. The maximum atomic E-state index is 2.41. The Morgan fingerprint density at radius 3 is 1.53 bits per heavy atom. The van der Waals surface area contributed by atoms with E-state index in [9.17, 15) is 0 Å². The fraction of sp³-hybridized carbons (Fsp3) is 0. The molecule has 0 aliphatic heterocycles. The van der Waals surface area contributed by atoms with Gasteiger partial charge in [-0.15, -0.1) is 0 Å². The summed E-state index contributed by atoms with van der Waals surface area (Å²) < 4.78 is 2.37. The molecule has 272 valence electrons. The minimum absolute atomic E-state index is 1.10. The van der Waals surface area contributed by atoms with Gasteiger partial charge in [-0.25, -0.2) is 0 Å². The van der Waals surface area contributed by atoms with E-state index in [1.165, 1.54) is 76.7 Å². The number of para-hydroxylation sites is 2. The van der Waals surface area contributed by atoms with Crippen molar-refractivity contribution < 1.29 is 0 Å². The first-order chi connectivity index (χ1) is 28.8. The third-order valence-corrected chi connectivity index (χ3v) is 11.6. The van der Waals surface area contributed by atoms with Gasteiger partial charge in [-0.2, -0.15) is 0 Å². The Morgan fingerprint density at radius 1 is 0.293 bits per heavy atom. The van der Waals surface area contributed by atoms with E-state index in [1.54, 1.807) is 0 Å². The van der Waals surface area contributed by atoms with E-state index in [4.69, 9.17) is 0 Å². The van der Waals surface area contributed by atoms with Gasteiger partial charge in [0.2, 0.25) is 0 Å². The standard InChI is InChI=1S/C56H38N2/c1-2-14-39(15-3-1)43-18-12-19-46(38-43)57(56-37-36-50(49-21-6-7-22-51(49)56)48-25-13-17-42-16-4-5-20-47(42)48)44-32-28-40(29-33-44)41-30-34-45(35-31-41)58-54-26-10-8-23-52(54)53-24-9-11-27-55(53)58/h1-38H. The van der Waals surface area contributed by atoms with Crippen LogP contribution in [0.4, 0.5) is 17.1 Å². The predicted molar refractivity (Wildman–Crippen MR) is 247 cm³/mol. The lowest BCUT2D eigenvalue weighted by Gasteiger charge is -2.28. The number of nitrogens with zero attached hydrogens (tertiary/aromatic N) is 2. The fourth-order valence-electron chi connectivity index (χ4n) is 8.86. The van der Waals surface area contributed by atoms with Gasteiger partial charge in [0.1, 0.15) is 0 Å². The quantitative estimate of drug-likeness (QED) is 0.158. The molecule has 2 nitrogen and oxygen atoms in total. The molecule has 0 spiro atoms. The summed E-state index contributed by atoms with van der Waals surface area (Å²) in [5.41, 5.74) is 14.1. The molecule has 0 saturated heterocycles. The molecule has 58 heavy (non-hydrogen) atoms. The summed E-state index contributed by atoms with van der Waals surface area (Å²) in [6.45, 7) is 0. The normalized spacial score (nSPS) is 11.4. The van der Waals surface area contributed by atoms with Crippen LogP contribution in [0, 0.1) is 0 Å². The highest BCUT2D eigenvalue weighted by molar-refractivity contribution is 6.11. The molecule has 1 heterocycles. The average molecular weight is 739 g/mol. The van der Waals surface area contributed by atoms with E-state index in [2.05, 4.69) is 240 Å². The number of rotatable bonds is 7. The van der Waals surface area contributed by atoms with Gasteiger partial charge in [0.15, 0.2) is 0 Å². The second-order valence-corrected chi connectivity index (χ2v) is 14.9. The second-order valence-electron chi connectivity index (χ2n) is 14.9. The number of hydrogen-bond acceptors (Lipinski definition) is 1. The summed E-state index contributed by atoms with van der Waals surface area (Å²) in [5.74, 6) is 0. The molecule has 0 saturated carbocycles. The van der Waals surface area contributed by atoms with Gasteiger partial charge in [0.25, 0.3) is 0 Å². The van der Waals surface area contributed by atoms with Crippen molar-refractivity contribution in [2.75, 3.05) is 4.90 Å². The molecule has 0 aliphatic rings. The maximum absolute atomic E-state index is 2.41. The largest absolute Gasteiger partial charge is 0.310 e. The maximum Gasteiger partial charge on any atom is 0.0541 e. The molecule has 0 fully saturated rings. The predicted octanol–water partition coefficient (Wildman–Crippen LogP) is 15.6. The van der Waals surface area contributed by atoms with Gasteiger partial charge >= 0.3 is 0 Å². The Hall–Kier alpha value is -7.68. The van der Waals surface area contributed by atoms with Crippen LogP contribution < -0.4 is 4.90 Å². The molecular weight excluding hydrogens is 701 g/mol. The second kappa shape index (κ2) is 14.1. The van der Waals surface area contributed by atoms with Crippen molar-refractivity contribution in [3.05, 3.63) is 231 Å². The molecule has 11 rings (SSSR count). The highest BCUT2D eigenvalue weighted by atomic mass is 15.1. The Labute approximate surface area is 338 Å². The minimum atomic E-state index is 1.10. The molecule has 0 amide bonds. The molecule has 2 heteroatoms. The molecule has 0 aliphatic carbocycles. The third-order valence-electron chi connectivity index (χ3n) is 11.6. The van der Waals surface area contributed by atoms with Crippen LogP contribution in [-0.4, -0.2) is 4.57 Å². The highest BCUT2D eigenvalue weighted by Gasteiger charge is 2.19. The summed E-state index contributed by atoms with van der Waals surface area (Å²) >= 11 is 0. The van der Waals surface area contributed by atoms with Crippen LogP contribution in [-0.2, 0) is 0 Å². The zero-order valence-electron chi connectivity index (χ0n) is 31.8. The number of fused-ring (bicyclic) bond motifs is 5.